The van der Waals surface area contributed by atoms with Crippen molar-refractivity contribution in [2.45, 2.75) is 64.1 Å². The monoisotopic (exact) mass is 499 g/mol. The lowest BCUT2D eigenvalue weighted by Crippen LogP contribution is -2.48. The van der Waals surface area contributed by atoms with Gasteiger partial charge in [0.2, 0.25) is 11.5 Å². The quantitative estimate of drug-likeness (QED) is 0.361. The molecule has 1 atom stereocenters. The maximum Gasteiger partial charge on any atom is 0.306 e. The van der Waals surface area contributed by atoms with Crippen molar-refractivity contribution >= 4 is 40.2 Å². The highest BCUT2D eigenvalue weighted by molar-refractivity contribution is 6.00. The number of fused-ring (bicyclic) bond motifs is 1. The second kappa shape index (κ2) is 10.1. The number of likely N-dealkylation sites (N-methyl/N-ethyl adjacent to an activating group) is 1. The second-order valence-electron chi connectivity index (χ2n) is 9.26. The molecule has 1 aliphatic carbocycles. The van der Waals surface area contributed by atoms with Crippen LogP contribution in [0.25, 0.3) is 16.7 Å². The minimum Gasteiger partial charge on any atom is -0.481 e. The van der Waals surface area contributed by atoms with Crippen molar-refractivity contribution in [1.29, 1.82) is 0 Å². The number of carboxylic acids is 1. The fourth-order valence-corrected chi connectivity index (χ4v) is 4.97. The Morgan fingerprint density at radius 2 is 1.94 bits per heavy atom. The van der Waals surface area contributed by atoms with Crippen LogP contribution in [-0.2, 0) is 25.8 Å². The lowest BCUT2D eigenvalue weighted by atomic mass is 9.86. The van der Waals surface area contributed by atoms with Gasteiger partial charge in [-0.05, 0) is 45.6 Å². The van der Waals surface area contributed by atoms with Crippen molar-refractivity contribution in [3.8, 4) is 0 Å². The van der Waals surface area contributed by atoms with Crippen molar-refractivity contribution < 1.29 is 24.3 Å². The van der Waals surface area contributed by atoms with E-state index in [4.69, 9.17) is 4.84 Å². The Bertz CT molecular complexity index is 1220. The molecule has 4 rings (SSSR count). The van der Waals surface area contributed by atoms with Crippen LogP contribution < -0.4 is 21.4 Å². The van der Waals surface area contributed by atoms with Gasteiger partial charge in [0.15, 0.2) is 5.65 Å². The Morgan fingerprint density at radius 1 is 1.22 bits per heavy atom. The molecule has 0 bridgehead atoms. The highest BCUT2D eigenvalue weighted by Gasteiger charge is 2.45. The molecule has 5 N–H and O–H groups in total. The largest absolute Gasteiger partial charge is 0.481 e. The van der Waals surface area contributed by atoms with E-state index >= 15 is 0 Å². The fourth-order valence-electron chi connectivity index (χ4n) is 4.97. The number of rotatable bonds is 8. The molecule has 0 saturated heterocycles. The number of anilines is 1. The van der Waals surface area contributed by atoms with Crippen LogP contribution in [0.4, 0.5) is 5.69 Å². The van der Waals surface area contributed by atoms with E-state index in [-0.39, 0.29) is 24.3 Å². The van der Waals surface area contributed by atoms with Crippen LogP contribution in [0.3, 0.4) is 0 Å². The minimum atomic E-state index is -1.53. The molecule has 3 heterocycles. The molecule has 12 nitrogen and oxygen atoms in total. The summed E-state index contributed by atoms with van der Waals surface area (Å²) in [6.45, 7) is 4.56. The number of carbonyl (C=O) groups is 3. The van der Waals surface area contributed by atoms with Crippen LogP contribution in [0.1, 0.15) is 50.3 Å². The molecular weight excluding hydrogens is 466 g/mol. The summed E-state index contributed by atoms with van der Waals surface area (Å²) in [5, 5.41) is 23.6. The van der Waals surface area contributed by atoms with Crippen LogP contribution in [0.15, 0.2) is 12.3 Å². The maximum atomic E-state index is 12.8. The first kappa shape index (κ1) is 25.4. The summed E-state index contributed by atoms with van der Waals surface area (Å²) < 4.78 is 1.83. The Balaban J connectivity index is 1.78. The number of aromatic nitrogens is 3. The van der Waals surface area contributed by atoms with Crippen molar-refractivity contribution in [3.05, 3.63) is 23.5 Å². The summed E-state index contributed by atoms with van der Waals surface area (Å²) in [4.78, 5) is 46.8. The number of hydrogen-bond donors (Lipinski definition) is 5. The van der Waals surface area contributed by atoms with Crippen molar-refractivity contribution in [3.63, 3.8) is 0 Å². The molecule has 12 heteroatoms. The van der Waals surface area contributed by atoms with E-state index in [2.05, 4.69) is 31.5 Å². The molecule has 1 fully saturated rings. The number of amides is 2. The first-order chi connectivity index (χ1) is 17.2. The maximum absolute atomic E-state index is 12.8. The molecule has 0 radical (unpaired) electrons. The Morgan fingerprint density at radius 3 is 2.56 bits per heavy atom. The third-order valence-electron chi connectivity index (χ3n) is 6.98. The van der Waals surface area contributed by atoms with Gasteiger partial charge in [-0.2, -0.15) is 5.10 Å². The first-order valence-corrected chi connectivity index (χ1v) is 12.2. The van der Waals surface area contributed by atoms with Crippen LogP contribution >= 0.6 is 0 Å². The van der Waals surface area contributed by atoms with E-state index in [9.17, 15) is 19.5 Å². The molecule has 1 saturated carbocycles. The van der Waals surface area contributed by atoms with E-state index in [1.54, 1.807) is 12.3 Å². The summed E-state index contributed by atoms with van der Waals surface area (Å²) >= 11 is 0. The molecular formula is C24H33N7O5. The SMILES string of the molecule is CCn1nc(C)c2c(NC3CCC(C(=O)O)CC3)c(C3=CC(CC(=O)NC)(C(=O)NC)ON3)cnc21. The van der Waals surface area contributed by atoms with Gasteiger partial charge < -0.3 is 21.1 Å². The van der Waals surface area contributed by atoms with Crippen LogP contribution in [0.2, 0.25) is 0 Å². The third-order valence-corrected chi connectivity index (χ3v) is 6.98. The van der Waals surface area contributed by atoms with Gasteiger partial charge in [0.1, 0.15) is 0 Å². The molecule has 36 heavy (non-hydrogen) atoms. The highest BCUT2D eigenvalue weighted by Crippen LogP contribution is 2.38. The lowest BCUT2D eigenvalue weighted by molar-refractivity contribution is -0.148. The molecule has 2 aromatic rings. The first-order valence-electron chi connectivity index (χ1n) is 12.2. The van der Waals surface area contributed by atoms with Gasteiger partial charge in [0.05, 0.1) is 34.8 Å². The van der Waals surface area contributed by atoms with E-state index in [1.165, 1.54) is 14.1 Å². The predicted octanol–water partition coefficient (Wildman–Crippen LogP) is 1.31. The Hall–Kier alpha value is -3.67. The number of carboxylic acid groups (broad SMARTS) is 1. The summed E-state index contributed by atoms with van der Waals surface area (Å²) in [6, 6.07) is 0.0619. The Kier molecular flexibility index (Phi) is 7.16. The lowest BCUT2D eigenvalue weighted by Gasteiger charge is -2.28. The molecule has 0 aromatic carbocycles. The summed E-state index contributed by atoms with van der Waals surface area (Å²) in [7, 11) is 2.99. The van der Waals surface area contributed by atoms with Gasteiger partial charge in [-0.15, -0.1) is 0 Å². The summed E-state index contributed by atoms with van der Waals surface area (Å²) in [6.07, 6.45) is 5.72. The number of aliphatic carboxylic acids is 1. The highest BCUT2D eigenvalue weighted by atomic mass is 16.7. The second-order valence-corrected chi connectivity index (χ2v) is 9.26. The van der Waals surface area contributed by atoms with Gasteiger partial charge >= 0.3 is 5.97 Å². The molecule has 1 unspecified atom stereocenters. The smallest absolute Gasteiger partial charge is 0.306 e. The van der Waals surface area contributed by atoms with Crippen molar-refractivity contribution in [2.75, 3.05) is 19.4 Å². The molecule has 2 aliphatic rings. The van der Waals surface area contributed by atoms with Gasteiger partial charge in [-0.1, -0.05) is 0 Å². The predicted molar refractivity (Wildman–Crippen MR) is 133 cm³/mol. The fraction of sp³-hybridized carbons (Fsp3) is 0.542. The third kappa shape index (κ3) is 4.60. The number of nitrogens with zero attached hydrogens (tertiary/aromatic N) is 3. The number of carbonyl (C=O) groups excluding carboxylic acids is 2. The molecule has 2 aromatic heterocycles. The standard InChI is InChI=1S/C24H33N7O5/c1-5-31-21-19(13(2)29-31)20(28-15-8-6-14(7-9-15)22(33)34)16(12-27-21)17-10-24(36-30-17,23(35)26-4)11-18(32)25-3/h10,12,14-15,30H,5-9,11H2,1-4H3,(H,25,32)(H,26,35)(H,27,28)(H,33,34). The number of aryl methyl sites for hydroxylation is 2. The minimum absolute atomic E-state index is 0.0619. The van der Waals surface area contributed by atoms with Crippen LogP contribution in [0, 0.1) is 12.8 Å². The van der Waals surface area contributed by atoms with Crippen molar-refractivity contribution in [2.24, 2.45) is 5.92 Å². The van der Waals surface area contributed by atoms with Gasteiger partial charge in [0, 0.05) is 38.4 Å². The van der Waals surface area contributed by atoms with Crippen molar-refractivity contribution in [1.82, 2.24) is 30.9 Å². The Labute approximate surface area is 208 Å². The summed E-state index contributed by atoms with van der Waals surface area (Å²) in [5.74, 6) is -1.88. The van der Waals surface area contributed by atoms with Crippen LogP contribution in [-0.4, -0.2) is 63.4 Å². The molecule has 194 valence electrons. The zero-order valence-electron chi connectivity index (χ0n) is 21.0. The average molecular weight is 500 g/mol. The van der Waals surface area contributed by atoms with Gasteiger partial charge in [-0.25, -0.2) is 9.67 Å². The van der Waals surface area contributed by atoms with E-state index in [0.29, 0.717) is 43.5 Å². The number of hydrogen-bond acceptors (Lipinski definition) is 8. The summed E-state index contributed by atoms with van der Waals surface area (Å²) in [5.41, 5.74) is 4.80. The van der Waals surface area contributed by atoms with Crippen LogP contribution in [0.5, 0.6) is 0 Å². The average Bonchev–Trinajstić information content (AvgIpc) is 3.45. The van der Waals surface area contributed by atoms with E-state index in [1.807, 2.05) is 18.5 Å². The molecule has 2 amide bonds. The number of hydroxylamine groups is 1. The molecule has 1 aliphatic heterocycles. The topological polar surface area (TPSA) is 160 Å². The molecule has 0 spiro atoms. The number of pyridine rings is 1. The van der Waals surface area contributed by atoms with E-state index < -0.39 is 17.5 Å². The van der Waals surface area contributed by atoms with E-state index in [0.717, 1.165) is 22.4 Å². The zero-order chi connectivity index (χ0) is 26.0. The normalized spacial score (nSPS) is 23.6. The van der Waals surface area contributed by atoms with Gasteiger partial charge in [0.25, 0.3) is 5.91 Å². The van der Waals surface area contributed by atoms with Gasteiger partial charge in [-0.3, -0.25) is 24.7 Å². The zero-order valence-corrected chi connectivity index (χ0v) is 21.0. The number of nitrogens with one attached hydrogen (secondary N) is 4.